The Morgan fingerprint density at radius 3 is 2.53 bits per heavy atom. The van der Waals surface area contributed by atoms with Crippen molar-refractivity contribution in [2.45, 2.75) is 37.3 Å². The minimum absolute atomic E-state index is 0.0615. The minimum atomic E-state index is -0.912. The van der Waals surface area contributed by atoms with Gasteiger partial charge in [0.2, 0.25) is 11.8 Å². The zero-order chi connectivity index (χ0) is 26.7. The molecular formula is C29H33F2N5O2. The molecule has 0 unspecified atom stereocenters. The average molecular weight is 522 g/mol. The molecule has 9 heteroatoms. The first-order valence-corrected chi connectivity index (χ1v) is 13.0. The molecule has 4 heterocycles. The lowest BCUT2D eigenvalue weighted by Gasteiger charge is -2.41. The number of piperidine rings is 1. The third-order valence-electron chi connectivity index (χ3n) is 7.78. The van der Waals surface area contributed by atoms with Gasteiger partial charge >= 0.3 is 0 Å². The predicted molar refractivity (Wildman–Crippen MR) is 141 cm³/mol. The van der Waals surface area contributed by atoms with Crippen molar-refractivity contribution in [1.29, 1.82) is 0 Å². The molecule has 1 aromatic carbocycles. The van der Waals surface area contributed by atoms with E-state index >= 15 is 4.39 Å². The van der Waals surface area contributed by atoms with Crippen molar-refractivity contribution < 1.29 is 18.3 Å². The number of nitrogens with one attached hydrogen (secondary N) is 1. The maximum atomic E-state index is 15.6. The largest absolute Gasteiger partial charge is 0.481 e. The third kappa shape index (κ3) is 5.39. The molecule has 38 heavy (non-hydrogen) atoms. The molecule has 2 aliphatic rings. The van der Waals surface area contributed by atoms with Crippen LogP contribution in [0, 0.1) is 11.6 Å². The quantitative estimate of drug-likeness (QED) is 0.510. The van der Waals surface area contributed by atoms with Crippen molar-refractivity contribution in [2.24, 2.45) is 0 Å². The maximum absolute atomic E-state index is 15.6. The van der Waals surface area contributed by atoms with Crippen LogP contribution in [0.2, 0.25) is 0 Å². The summed E-state index contributed by atoms with van der Waals surface area (Å²) in [4.78, 5) is 26.7. The van der Waals surface area contributed by atoms with Crippen molar-refractivity contribution >= 4 is 5.91 Å². The van der Waals surface area contributed by atoms with Gasteiger partial charge in [-0.25, -0.2) is 13.8 Å². The van der Waals surface area contributed by atoms with Crippen LogP contribution in [-0.4, -0.2) is 72.1 Å². The fourth-order valence-electron chi connectivity index (χ4n) is 5.61. The van der Waals surface area contributed by atoms with Crippen molar-refractivity contribution in [3.63, 3.8) is 0 Å². The van der Waals surface area contributed by atoms with Crippen molar-refractivity contribution in [3.05, 3.63) is 77.6 Å². The lowest BCUT2D eigenvalue weighted by Crippen LogP contribution is -2.54. The van der Waals surface area contributed by atoms with Crippen LogP contribution in [0.3, 0.4) is 0 Å². The van der Waals surface area contributed by atoms with Crippen LogP contribution in [-0.2, 0) is 16.8 Å². The summed E-state index contributed by atoms with van der Waals surface area (Å²) in [6.45, 7) is 3.90. The van der Waals surface area contributed by atoms with Gasteiger partial charge in [0.05, 0.1) is 24.3 Å². The van der Waals surface area contributed by atoms with Gasteiger partial charge in [-0.05, 0) is 69.2 Å². The van der Waals surface area contributed by atoms with Crippen LogP contribution >= 0.6 is 0 Å². The van der Waals surface area contributed by atoms with E-state index < -0.39 is 17.0 Å². The van der Waals surface area contributed by atoms with Gasteiger partial charge in [-0.15, -0.1) is 0 Å². The number of nitrogens with zero attached hydrogens (tertiary/aromatic N) is 4. The number of benzene rings is 1. The summed E-state index contributed by atoms with van der Waals surface area (Å²) in [7, 11) is 3.43. The minimum Gasteiger partial charge on any atom is -0.481 e. The number of rotatable bonds is 7. The van der Waals surface area contributed by atoms with Crippen LogP contribution in [0.5, 0.6) is 5.88 Å². The van der Waals surface area contributed by atoms with E-state index in [1.165, 1.54) is 18.7 Å². The van der Waals surface area contributed by atoms with Crippen molar-refractivity contribution in [1.82, 2.24) is 25.1 Å². The summed E-state index contributed by atoms with van der Waals surface area (Å²) in [6, 6.07) is 12.8. The first-order valence-electron chi connectivity index (χ1n) is 13.0. The van der Waals surface area contributed by atoms with Crippen LogP contribution < -0.4 is 10.1 Å². The Labute approximate surface area is 221 Å². The normalized spacial score (nSPS) is 19.8. The molecule has 1 N–H and O–H groups in total. The molecule has 2 aliphatic heterocycles. The first-order chi connectivity index (χ1) is 18.4. The second-order valence-electron chi connectivity index (χ2n) is 10.3. The zero-order valence-corrected chi connectivity index (χ0v) is 21.8. The number of likely N-dealkylation sites (tertiary alicyclic amines) is 2. The molecular weight excluding hydrogens is 488 g/mol. The van der Waals surface area contributed by atoms with E-state index in [0.717, 1.165) is 38.3 Å². The molecule has 0 radical (unpaired) electrons. The number of hydrogen-bond acceptors (Lipinski definition) is 6. The standard InChI is InChI=1S/C29H33F2N5O2/c1-35-11-8-23(19-35)34-28(37)29(9-12-36(13-10-29)18-20-6-4-3-5-7-20)21-14-25(31)26(32-16-21)24-15-22(30)17-33-27(24)38-2/h3-7,14-17,23H,8-13,18-19H2,1-2H3,(H,34,37)/t23-/m0/s1. The molecule has 3 aromatic rings. The molecule has 0 bridgehead atoms. The van der Waals surface area contributed by atoms with Crippen LogP contribution in [0.1, 0.15) is 30.4 Å². The van der Waals surface area contributed by atoms with Gasteiger partial charge in [-0.3, -0.25) is 14.7 Å². The Morgan fingerprint density at radius 2 is 1.87 bits per heavy atom. The Balaban J connectivity index is 1.44. The van der Waals surface area contributed by atoms with Gasteiger partial charge in [-0.2, -0.15) is 0 Å². The van der Waals surface area contributed by atoms with Gasteiger partial charge in [-0.1, -0.05) is 30.3 Å². The average Bonchev–Trinajstić information content (AvgIpc) is 3.34. The molecule has 200 valence electrons. The molecule has 1 amide bonds. The number of hydrogen-bond donors (Lipinski definition) is 1. The lowest BCUT2D eigenvalue weighted by atomic mass is 9.72. The molecule has 2 fully saturated rings. The maximum Gasteiger partial charge on any atom is 0.231 e. The van der Waals surface area contributed by atoms with E-state index in [9.17, 15) is 9.18 Å². The zero-order valence-electron chi connectivity index (χ0n) is 21.8. The second-order valence-corrected chi connectivity index (χ2v) is 10.3. The van der Waals surface area contributed by atoms with E-state index in [1.54, 1.807) is 6.20 Å². The van der Waals surface area contributed by atoms with E-state index in [1.807, 2.05) is 25.2 Å². The fourth-order valence-corrected chi connectivity index (χ4v) is 5.61. The number of halogens is 2. The highest BCUT2D eigenvalue weighted by atomic mass is 19.1. The summed E-state index contributed by atoms with van der Waals surface area (Å²) < 4.78 is 34.7. The Morgan fingerprint density at radius 1 is 1.11 bits per heavy atom. The summed E-state index contributed by atoms with van der Waals surface area (Å²) in [5, 5.41) is 3.25. The highest BCUT2D eigenvalue weighted by Gasteiger charge is 2.44. The lowest BCUT2D eigenvalue weighted by molar-refractivity contribution is -0.129. The van der Waals surface area contributed by atoms with E-state index in [-0.39, 0.29) is 29.1 Å². The number of ether oxygens (including phenoxy) is 1. The number of likely N-dealkylation sites (N-methyl/N-ethyl adjacent to an activating group) is 1. The fraction of sp³-hybridized carbons (Fsp3) is 0.414. The summed E-state index contributed by atoms with van der Waals surface area (Å²) in [6.07, 6.45) is 4.53. The number of carbonyl (C=O) groups is 1. The van der Waals surface area contributed by atoms with Crippen LogP contribution in [0.15, 0.2) is 54.9 Å². The summed E-state index contributed by atoms with van der Waals surface area (Å²) in [5.41, 5.74) is 0.901. The summed E-state index contributed by atoms with van der Waals surface area (Å²) >= 11 is 0. The Hall–Kier alpha value is -3.43. The number of methoxy groups -OCH3 is 1. The molecule has 0 aliphatic carbocycles. The van der Waals surface area contributed by atoms with Gasteiger partial charge in [0.1, 0.15) is 17.3 Å². The highest BCUT2D eigenvalue weighted by molar-refractivity contribution is 5.89. The Kier molecular flexibility index (Phi) is 7.67. The van der Waals surface area contributed by atoms with Gasteiger partial charge in [0, 0.05) is 25.3 Å². The number of aromatic nitrogens is 2. The van der Waals surface area contributed by atoms with Gasteiger partial charge < -0.3 is 15.0 Å². The van der Waals surface area contributed by atoms with E-state index in [0.29, 0.717) is 31.5 Å². The first kappa shape index (κ1) is 26.2. The molecule has 0 saturated carbocycles. The Bertz CT molecular complexity index is 1280. The number of amides is 1. The molecule has 2 saturated heterocycles. The van der Waals surface area contributed by atoms with E-state index in [2.05, 4.69) is 37.2 Å². The SMILES string of the molecule is COc1ncc(F)cc1-c1ncc(C2(C(=O)N[C@H]3CCN(C)C3)CCN(Cc3ccccc3)CC2)cc1F. The van der Waals surface area contributed by atoms with Crippen molar-refractivity contribution in [2.75, 3.05) is 40.3 Å². The topological polar surface area (TPSA) is 70.6 Å². The predicted octanol–water partition coefficient (Wildman–Crippen LogP) is 3.78. The molecule has 7 nitrogen and oxygen atoms in total. The van der Waals surface area contributed by atoms with Crippen LogP contribution in [0.4, 0.5) is 8.78 Å². The van der Waals surface area contributed by atoms with E-state index in [4.69, 9.17) is 4.74 Å². The van der Waals surface area contributed by atoms with Crippen LogP contribution in [0.25, 0.3) is 11.3 Å². The van der Waals surface area contributed by atoms with Gasteiger partial charge in [0.15, 0.2) is 0 Å². The number of carbonyl (C=O) groups excluding carboxylic acids is 1. The number of pyridine rings is 2. The molecule has 5 rings (SSSR count). The van der Waals surface area contributed by atoms with Crippen molar-refractivity contribution in [3.8, 4) is 17.1 Å². The van der Waals surface area contributed by atoms with Gasteiger partial charge in [0.25, 0.3) is 0 Å². The highest BCUT2D eigenvalue weighted by Crippen LogP contribution is 2.38. The molecule has 2 aromatic heterocycles. The monoisotopic (exact) mass is 521 g/mol. The second kappa shape index (κ2) is 11.1. The third-order valence-corrected chi connectivity index (χ3v) is 7.78. The molecule has 0 spiro atoms. The molecule has 1 atom stereocenters. The summed E-state index contributed by atoms with van der Waals surface area (Å²) in [5.74, 6) is -1.27. The smallest absolute Gasteiger partial charge is 0.231 e.